The lowest BCUT2D eigenvalue weighted by Crippen LogP contribution is -2.61. The Kier molecular flexibility index (Phi) is 9.29. The summed E-state index contributed by atoms with van der Waals surface area (Å²) in [4.78, 5) is 38.1. The predicted molar refractivity (Wildman–Crippen MR) is 180 cm³/mol. The fraction of sp³-hybridized carbons (Fsp3) is 0.237. The van der Waals surface area contributed by atoms with E-state index >= 15 is 0 Å². The van der Waals surface area contributed by atoms with Gasteiger partial charge in [-0.2, -0.15) is 0 Å². The van der Waals surface area contributed by atoms with Gasteiger partial charge in [-0.25, -0.2) is 4.90 Å². The van der Waals surface area contributed by atoms with Crippen LogP contribution in [0.3, 0.4) is 0 Å². The Balaban J connectivity index is 1.48. The molecule has 0 aromatic heterocycles. The highest BCUT2D eigenvalue weighted by Gasteiger charge is 2.68. The van der Waals surface area contributed by atoms with Gasteiger partial charge in [0.1, 0.15) is 12.3 Å². The van der Waals surface area contributed by atoms with Crippen molar-refractivity contribution in [2.75, 3.05) is 21.0 Å². The van der Waals surface area contributed by atoms with E-state index in [0.29, 0.717) is 5.56 Å². The maximum absolute atomic E-state index is 14.5. The van der Waals surface area contributed by atoms with E-state index in [4.69, 9.17) is 14.2 Å². The van der Waals surface area contributed by atoms with Crippen LogP contribution >= 0.6 is 7.60 Å². The molecule has 1 heterocycles. The van der Waals surface area contributed by atoms with Crippen LogP contribution in [0.1, 0.15) is 35.1 Å². The number of likely N-dealkylation sites (tertiary alicyclic amines) is 1. The SMILES string of the molecule is COC1(OC)CCC(C(=O)Cc2ccc3ccccc3c2)(P(=O)(O)O)N1COC(c1ccccc1)(c1ccccc1)c1ccccc1. The van der Waals surface area contributed by atoms with Gasteiger partial charge >= 0.3 is 7.60 Å². The van der Waals surface area contributed by atoms with Crippen molar-refractivity contribution < 1.29 is 33.4 Å². The molecule has 0 spiro atoms. The average Bonchev–Trinajstić information content (AvgIpc) is 3.46. The molecule has 0 radical (unpaired) electrons. The van der Waals surface area contributed by atoms with Crippen molar-refractivity contribution in [3.8, 4) is 0 Å². The molecular formula is C38H38NO7P. The molecule has 5 aromatic rings. The van der Waals surface area contributed by atoms with Crippen molar-refractivity contribution in [1.29, 1.82) is 0 Å². The highest BCUT2D eigenvalue weighted by atomic mass is 31.2. The number of nitrogens with zero attached hydrogens (tertiary/aromatic N) is 1. The maximum atomic E-state index is 14.5. The molecule has 0 amide bonds. The quantitative estimate of drug-likeness (QED) is 0.0859. The Morgan fingerprint density at radius 2 is 1.21 bits per heavy atom. The summed E-state index contributed by atoms with van der Waals surface area (Å²) in [7, 11) is -2.41. The normalized spacial score (nSPS) is 18.4. The van der Waals surface area contributed by atoms with Crippen LogP contribution < -0.4 is 0 Å². The molecule has 1 aliphatic rings. The number of hydrogen-bond donors (Lipinski definition) is 2. The van der Waals surface area contributed by atoms with Gasteiger partial charge in [-0.15, -0.1) is 0 Å². The molecule has 47 heavy (non-hydrogen) atoms. The van der Waals surface area contributed by atoms with Gasteiger partial charge in [0, 0.05) is 27.1 Å². The average molecular weight is 652 g/mol. The number of hydrogen-bond acceptors (Lipinski definition) is 6. The van der Waals surface area contributed by atoms with Crippen LogP contribution in [0.4, 0.5) is 0 Å². The third-order valence-electron chi connectivity index (χ3n) is 9.34. The van der Waals surface area contributed by atoms with Gasteiger partial charge in [-0.3, -0.25) is 9.36 Å². The van der Waals surface area contributed by atoms with Crippen LogP contribution in [0, 0.1) is 0 Å². The first-order valence-corrected chi connectivity index (χ1v) is 17.1. The number of Topliss-reactive ketones (excluding diaryl/α,β-unsaturated/α-hetero) is 1. The summed E-state index contributed by atoms with van der Waals surface area (Å²) in [5.41, 5.74) is 1.78. The van der Waals surface area contributed by atoms with Gasteiger partial charge in [0.2, 0.25) is 5.91 Å². The monoisotopic (exact) mass is 651 g/mol. The molecule has 242 valence electrons. The zero-order valence-electron chi connectivity index (χ0n) is 26.4. The van der Waals surface area contributed by atoms with E-state index in [2.05, 4.69) is 0 Å². The molecule has 9 heteroatoms. The van der Waals surface area contributed by atoms with Crippen molar-refractivity contribution in [3.05, 3.63) is 156 Å². The van der Waals surface area contributed by atoms with Crippen LogP contribution in [0.2, 0.25) is 0 Å². The van der Waals surface area contributed by atoms with Gasteiger partial charge in [0.05, 0.1) is 0 Å². The number of rotatable bonds is 12. The molecule has 0 aliphatic carbocycles. The third-order valence-corrected chi connectivity index (χ3v) is 11.0. The summed E-state index contributed by atoms with van der Waals surface area (Å²) in [5, 5.41) is -0.363. The minimum Gasteiger partial charge on any atom is -0.345 e. The summed E-state index contributed by atoms with van der Waals surface area (Å²) in [6, 6.07) is 42.3. The highest BCUT2D eigenvalue weighted by molar-refractivity contribution is 7.54. The molecule has 2 N–H and O–H groups in total. The minimum atomic E-state index is -5.21. The van der Waals surface area contributed by atoms with Crippen molar-refractivity contribution in [3.63, 3.8) is 0 Å². The smallest absolute Gasteiger partial charge is 0.345 e. The number of ether oxygens (including phenoxy) is 3. The lowest BCUT2D eigenvalue weighted by molar-refractivity contribution is -0.307. The van der Waals surface area contributed by atoms with E-state index in [1.54, 1.807) is 0 Å². The fourth-order valence-corrected chi connectivity index (χ4v) is 8.29. The Labute approximate surface area is 274 Å². The van der Waals surface area contributed by atoms with Crippen molar-refractivity contribution in [2.45, 2.75) is 36.1 Å². The molecule has 1 unspecified atom stereocenters. The molecule has 1 saturated heterocycles. The van der Waals surface area contributed by atoms with Gasteiger partial charge in [0.15, 0.2) is 11.1 Å². The van der Waals surface area contributed by atoms with Crippen LogP contribution in [0.15, 0.2) is 133 Å². The van der Waals surface area contributed by atoms with Crippen molar-refractivity contribution >= 4 is 24.2 Å². The Morgan fingerprint density at radius 1 is 0.723 bits per heavy atom. The molecule has 0 saturated carbocycles. The largest absolute Gasteiger partial charge is 0.353 e. The molecule has 1 fully saturated rings. The van der Waals surface area contributed by atoms with E-state index in [9.17, 15) is 19.1 Å². The van der Waals surface area contributed by atoms with E-state index in [1.165, 1.54) is 19.1 Å². The van der Waals surface area contributed by atoms with Crippen LogP contribution in [0.5, 0.6) is 0 Å². The lowest BCUT2D eigenvalue weighted by Gasteiger charge is -2.46. The number of benzene rings is 5. The second-order valence-electron chi connectivity index (χ2n) is 11.7. The van der Waals surface area contributed by atoms with E-state index in [0.717, 1.165) is 27.5 Å². The molecule has 0 bridgehead atoms. The topological polar surface area (TPSA) is 106 Å². The van der Waals surface area contributed by atoms with E-state index in [-0.39, 0.29) is 19.3 Å². The van der Waals surface area contributed by atoms with Crippen molar-refractivity contribution in [1.82, 2.24) is 4.90 Å². The lowest BCUT2D eigenvalue weighted by atomic mass is 9.80. The first-order chi connectivity index (χ1) is 22.7. The number of fused-ring (bicyclic) bond motifs is 1. The molecule has 1 aliphatic heterocycles. The summed E-state index contributed by atoms with van der Waals surface area (Å²) < 4.78 is 32.5. The summed E-state index contributed by atoms with van der Waals surface area (Å²) in [6.07, 6.45) is -0.395. The predicted octanol–water partition coefficient (Wildman–Crippen LogP) is 6.83. The van der Waals surface area contributed by atoms with Gasteiger partial charge in [-0.05, 0) is 39.4 Å². The maximum Gasteiger partial charge on any atom is 0.353 e. The molecule has 5 aromatic carbocycles. The first kappa shape index (κ1) is 32.9. The van der Waals surface area contributed by atoms with Crippen LogP contribution in [-0.2, 0) is 35.6 Å². The highest BCUT2D eigenvalue weighted by Crippen LogP contribution is 2.62. The van der Waals surface area contributed by atoms with Crippen molar-refractivity contribution in [2.24, 2.45) is 0 Å². The zero-order valence-corrected chi connectivity index (χ0v) is 27.3. The minimum absolute atomic E-state index is 0.0208. The molecule has 6 rings (SSSR count). The van der Waals surface area contributed by atoms with Gasteiger partial charge in [0.25, 0.3) is 0 Å². The second kappa shape index (κ2) is 13.3. The Bertz CT molecular complexity index is 1780. The Morgan fingerprint density at radius 3 is 1.70 bits per heavy atom. The molecule has 8 nitrogen and oxygen atoms in total. The number of carbonyl (C=O) groups excluding carboxylic acids is 1. The van der Waals surface area contributed by atoms with Gasteiger partial charge in [-0.1, -0.05) is 133 Å². The summed E-state index contributed by atoms with van der Waals surface area (Å²) >= 11 is 0. The third kappa shape index (κ3) is 5.77. The zero-order chi connectivity index (χ0) is 33.1. The van der Waals surface area contributed by atoms with Crippen LogP contribution in [-0.4, -0.2) is 52.6 Å². The van der Waals surface area contributed by atoms with Crippen LogP contribution in [0.25, 0.3) is 10.8 Å². The van der Waals surface area contributed by atoms with E-state index < -0.39 is 36.9 Å². The van der Waals surface area contributed by atoms with E-state index in [1.807, 2.05) is 133 Å². The summed E-state index contributed by atoms with van der Waals surface area (Å²) in [5.74, 6) is -2.30. The summed E-state index contributed by atoms with van der Waals surface area (Å²) in [6.45, 7) is -0.422. The number of ketones is 1. The van der Waals surface area contributed by atoms with Gasteiger partial charge < -0.3 is 24.0 Å². The second-order valence-corrected chi connectivity index (χ2v) is 13.6. The molecule has 1 atom stereocenters. The molecular weight excluding hydrogens is 613 g/mol. The number of carbonyl (C=O) groups is 1. The standard InChI is InChI=1S/C38H38NO7P/c1-44-37(45-2)25-24-36(47(41,42)43,35(40)27-29-22-23-30-14-12-13-15-31(30)26-29)39(37)28-46-38(32-16-6-3-7-17-32,33-18-8-4-9-19-33)34-20-10-5-11-21-34/h3-23,26H,24-25,27-28H2,1-2H3,(H2,41,42,43). The fourth-order valence-electron chi connectivity index (χ4n) is 6.96. The Hall–Kier alpha value is -3.98. The first-order valence-electron chi connectivity index (χ1n) is 15.5. The number of methoxy groups -OCH3 is 2.